The van der Waals surface area contributed by atoms with Crippen LogP contribution in [-0.4, -0.2) is 5.97 Å². The zero-order valence-corrected chi connectivity index (χ0v) is 9.68. The van der Waals surface area contributed by atoms with Gasteiger partial charge in [-0.25, -0.2) is 4.39 Å². The summed E-state index contributed by atoms with van der Waals surface area (Å²) in [6.45, 7) is 0. The number of carbonyl (C=O) groups excluding carboxylic acids is 1. The van der Waals surface area contributed by atoms with Crippen LogP contribution in [0.25, 0.3) is 0 Å². The minimum Gasteiger partial charge on any atom is -0.549 e. The van der Waals surface area contributed by atoms with Gasteiger partial charge in [0.05, 0.1) is 0 Å². The van der Waals surface area contributed by atoms with Crippen molar-refractivity contribution >= 4 is 5.97 Å². The van der Waals surface area contributed by atoms with Gasteiger partial charge in [0, 0.05) is 11.9 Å². The fraction of sp³-hybridized carbons (Fsp3) is 0.133. The number of benzene rings is 2. The molecule has 0 spiro atoms. The van der Waals surface area contributed by atoms with E-state index in [2.05, 4.69) is 0 Å². The first kappa shape index (κ1) is 12.3. The average molecular weight is 243 g/mol. The van der Waals surface area contributed by atoms with E-state index >= 15 is 0 Å². The third-order valence-electron chi connectivity index (χ3n) is 2.84. The van der Waals surface area contributed by atoms with E-state index in [0.29, 0.717) is 12.0 Å². The lowest BCUT2D eigenvalue weighted by Gasteiger charge is -2.18. The van der Waals surface area contributed by atoms with Crippen molar-refractivity contribution in [3.05, 3.63) is 71.5 Å². The van der Waals surface area contributed by atoms with E-state index in [4.69, 9.17) is 0 Å². The Morgan fingerprint density at radius 1 is 1.06 bits per heavy atom. The van der Waals surface area contributed by atoms with E-state index in [1.54, 1.807) is 36.4 Å². The molecule has 2 aromatic rings. The van der Waals surface area contributed by atoms with Gasteiger partial charge in [0.25, 0.3) is 0 Å². The third-order valence-corrected chi connectivity index (χ3v) is 2.84. The van der Waals surface area contributed by atoms with Crippen molar-refractivity contribution in [3.8, 4) is 0 Å². The van der Waals surface area contributed by atoms with Gasteiger partial charge in [0.2, 0.25) is 0 Å². The molecule has 0 radical (unpaired) electrons. The van der Waals surface area contributed by atoms with Crippen molar-refractivity contribution in [2.75, 3.05) is 0 Å². The van der Waals surface area contributed by atoms with Crippen LogP contribution in [0, 0.1) is 5.82 Å². The minimum absolute atomic E-state index is 0.298. The maximum Gasteiger partial charge on any atom is 0.123 e. The summed E-state index contributed by atoms with van der Waals surface area (Å²) in [4.78, 5) is 11.2. The van der Waals surface area contributed by atoms with Gasteiger partial charge in [0.1, 0.15) is 5.82 Å². The number of carbonyl (C=O) groups is 1. The van der Waals surface area contributed by atoms with Crippen LogP contribution >= 0.6 is 0 Å². The van der Waals surface area contributed by atoms with Gasteiger partial charge in [-0.15, -0.1) is 0 Å². The van der Waals surface area contributed by atoms with Crippen molar-refractivity contribution in [2.45, 2.75) is 12.3 Å². The van der Waals surface area contributed by atoms with Crippen molar-refractivity contribution in [1.82, 2.24) is 0 Å². The summed E-state index contributed by atoms with van der Waals surface area (Å²) in [5.74, 6) is -2.16. The summed E-state index contributed by atoms with van der Waals surface area (Å²) in [6, 6.07) is 14.7. The molecule has 0 aromatic heterocycles. The zero-order chi connectivity index (χ0) is 13.0. The van der Waals surface area contributed by atoms with Crippen molar-refractivity contribution < 1.29 is 14.3 Å². The lowest BCUT2D eigenvalue weighted by atomic mass is 9.92. The molecule has 2 nitrogen and oxygen atoms in total. The molecule has 2 aromatic carbocycles. The maximum atomic E-state index is 12.8. The van der Waals surface area contributed by atoms with Crippen LogP contribution in [0.3, 0.4) is 0 Å². The lowest BCUT2D eigenvalue weighted by Crippen LogP contribution is -2.31. The fourth-order valence-electron chi connectivity index (χ4n) is 1.88. The molecule has 92 valence electrons. The second kappa shape index (κ2) is 5.45. The van der Waals surface area contributed by atoms with Gasteiger partial charge < -0.3 is 9.90 Å². The molecule has 0 bridgehead atoms. The highest BCUT2D eigenvalue weighted by molar-refractivity contribution is 5.74. The SMILES string of the molecule is O=C([O-])[C@@H](Cc1ccc(F)cc1)c1ccccc1. The first-order chi connectivity index (χ1) is 8.66. The molecule has 0 fully saturated rings. The zero-order valence-electron chi connectivity index (χ0n) is 9.68. The molecule has 0 aliphatic rings. The summed E-state index contributed by atoms with van der Waals surface area (Å²) < 4.78 is 12.8. The minimum atomic E-state index is -1.12. The molecule has 0 amide bonds. The summed E-state index contributed by atoms with van der Waals surface area (Å²) in [6.07, 6.45) is 0.298. The first-order valence-electron chi connectivity index (χ1n) is 5.67. The van der Waals surface area contributed by atoms with Crippen molar-refractivity contribution in [2.24, 2.45) is 0 Å². The van der Waals surface area contributed by atoms with Crippen LogP contribution < -0.4 is 5.11 Å². The molecule has 0 aliphatic heterocycles. The molecular weight excluding hydrogens is 231 g/mol. The smallest absolute Gasteiger partial charge is 0.123 e. The third kappa shape index (κ3) is 2.94. The predicted octanol–water partition coefficient (Wildman–Crippen LogP) is 1.90. The highest BCUT2D eigenvalue weighted by Crippen LogP contribution is 2.20. The Bertz CT molecular complexity index is 520. The van der Waals surface area contributed by atoms with E-state index in [9.17, 15) is 14.3 Å². The second-order valence-electron chi connectivity index (χ2n) is 4.11. The Labute approximate surface area is 105 Å². The molecule has 0 unspecified atom stereocenters. The second-order valence-corrected chi connectivity index (χ2v) is 4.11. The molecule has 3 heteroatoms. The molecule has 0 saturated heterocycles. The number of aliphatic carboxylic acids is 1. The van der Waals surface area contributed by atoms with E-state index in [0.717, 1.165) is 5.56 Å². The van der Waals surface area contributed by atoms with Gasteiger partial charge in [-0.3, -0.25) is 0 Å². The van der Waals surface area contributed by atoms with E-state index in [1.165, 1.54) is 12.1 Å². The lowest BCUT2D eigenvalue weighted by molar-refractivity contribution is -0.308. The largest absolute Gasteiger partial charge is 0.549 e. The van der Waals surface area contributed by atoms with Crippen LogP contribution in [0.4, 0.5) is 4.39 Å². The number of carboxylic acids is 1. The molecule has 2 rings (SSSR count). The van der Waals surface area contributed by atoms with Gasteiger partial charge in [-0.05, 0) is 29.7 Å². The Hall–Kier alpha value is -2.16. The highest BCUT2D eigenvalue weighted by atomic mass is 19.1. The maximum absolute atomic E-state index is 12.8. The molecule has 0 aliphatic carbocycles. The van der Waals surface area contributed by atoms with Gasteiger partial charge in [-0.1, -0.05) is 42.5 Å². The molecular formula is C15H12FO2-. The van der Waals surface area contributed by atoms with Gasteiger partial charge in [0.15, 0.2) is 0 Å². The van der Waals surface area contributed by atoms with Crippen LogP contribution in [0.2, 0.25) is 0 Å². The normalized spacial score (nSPS) is 12.1. The van der Waals surface area contributed by atoms with E-state index in [-0.39, 0.29) is 5.82 Å². The van der Waals surface area contributed by atoms with Crippen LogP contribution in [-0.2, 0) is 11.2 Å². The average Bonchev–Trinajstić information content (AvgIpc) is 2.38. The van der Waals surface area contributed by atoms with Crippen LogP contribution in [0.1, 0.15) is 17.0 Å². The monoisotopic (exact) mass is 243 g/mol. The van der Waals surface area contributed by atoms with Crippen LogP contribution in [0.15, 0.2) is 54.6 Å². The Morgan fingerprint density at radius 3 is 2.22 bits per heavy atom. The number of rotatable bonds is 4. The van der Waals surface area contributed by atoms with Crippen LogP contribution in [0.5, 0.6) is 0 Å². The summed E-state index contributed by atoms with van der Waals surface area (Å²) in [5, 5.41) is 11.2. The molecule has 0 saturated carbocycles. The highest BCUT2D eigenvalue weighted by Gasteiger charge is 2.13. The molecule has 0 N–H and O–H groups in total. The van der Waals surface area contributed by atoms with Gasteiger partial charge in [-0.2, -0.15) is 0 Å². The number of carboxylic acid groups (broad SMARTS) is 1. The number of hydrogen-bond acceptors (Lipinski definition) is 2. The topological polar surface area (TPSA) is 40.1 Å². The van der Waals surface area contributed by atoms with E-state index < -0.39 is 11.9 Å². The standard InChI is InChI=1S/C15H13FO2/c16-13-8-6-11(7-9-13)10-14(15(17)18)12-4-2-1-3-5-12/h1-9,14H,10H2,(H,17,18)/p-1/t14-/m0/s1. The Balaban J connectivity index is 2.22. The Kier molecular flexibility index (Phi) is 3.72. The number of halogens is 1. The molecule has 0 heterocycles. The molecule has 1 atom stereocenters. The summed E-state index contributed by atoms with van der Waals surface area (Å²) >= 11 is 0. The van der Waals surface area contributed by atoms with E-state index in [1.807, 2.05) is 6.07 Å². The number of hydrogen-bond donors (Lipinski definition) is 0. The van der Waals surface area contributed by atoms with Gasteiger partial charge >= 0.3 is 0 Å². The predicted molar refractivity (Wildman–Crippen MR) is 64.3 cm³/mol. The Morgan fingerprint density at radius 2 is 1.67 bits per heavy atom. The summed E-state index contributed by atoms with van der Waals surface area (Å²) in [7, 11) is 0. The van der Waals surface area contributed by atoms with Crippen molar-refractivity contribution in [3.63, 3.8) is 0 Å². The van der Waals surface area contributed by atoms with Crippen molar-refractivity contribution in [1.29, 1.82) is 0 Å². The summed E-state index contributed by atoms with van der Waals surface area (Å²) in [5.41, 5.74) is 1.47. The first-order valence-corrected chi connectivity index (χ1v) is 5.67. The molecule has 18 heavy (non-hydrogen) atoms. The quantitative estimate of drug-likeness (QED) is 0.822. The fourth-order valence-corrected chi connectivity index (χ4v) is 1.88.